The molecule has 230 valence electrons. The van der Waals surface area contributed by atoms with E-state index in [0.29, 0.717) is 47.1 Å². The summed E-state index contributed by atoms with van der Waals surface area (Å²) in [5, 5.41) is 32.3. The van der Waals surface area contributed by atoms with Gasteiger partial charge in [-0.3, -0.25) is 0 Å². The van der Waals surface area contributed by atoms with E-state index in [1.165, 1.54) is 23.6 Å². The predicted molar refractivity (Wildman–Crippen MR) is 161 cm³/mol. The minimum Gasteiger partial charge on any atom is -0.870 e. The summed E-state index contributed by atoms with van der Waals surface area (Å²) in [7, 11) is -2.35. The Morgan fingerprint density at radius 3 is 2.55 bits per heavy atom. The molecule has 2 heterocycles. The number of hydrogen-bond acceptors (Lipinski definition) is 7. The third-order valence-corrected chi connectivity index (χ3v) is 9.55. The van der Waals surface area contributed by atoms with Crippen LogP contribution in [-0.4, -0.2) is 42.0 Å². The van der Waals surface area contributed by atoms with Crippen molar-refractivity contribution in [3.05, 3.63) is 81.5 Å². The van der Waals surface area contributed by atoms with Crippen molar-refractivity contribution in [2.24, 2.45) is 11.1 Å². The van der Waals surface area contributed by atoms with Gasteiger partial charge in [0.1, 0.15) is 11.4 Å². The van der Waals surface area contributed by atoms with Crippen LogP contribution in [0.25, 0.3) is 16.4 Å². The van der Waals surface area contributed by atoms with E-state index < -0.39 is 34.2 Å². The maximum atomic E-state index is 14.9. The quantitative estimate of drug-likeness (QED) is 0.140. The first-order chi connectivity index (χ1) is 20.6. The van der Waals surface area contributed by atoms with Gasteiger partial charge in [-0.15, -0.1) is 16.5 Å². The Hall–Kier alpha value is -3.80. The maximum absolute atomic E-state index is 14.9. The third kappa shape index (κ3) is 6.64. The second-order valence-corrected chi connectivity index (χ2v) is 13.1. The zero-order chi connectivity index (χ0) is 30.3. The van der Waals surface area contributed by atoms with E-state index in [0.717, 1.165) is 48.3 Å². The fraction of sp³-hybridized carbons (Fsp3) is 0.323. The summed E-state index contributed by atoms with van der Waals surface area (Å²) in [6.45, 7) is 0. The van der Waals surface area contributed by atoms with Gasteiger partial charge in [0.2, 0.25) is 10.0 Å². The Bertz CT molecular complexity index is 1820. The molecule has 1 atom stereocenters. The molecule has 2 saturated carbocycles. The Morgan fingerprint density at radius 1 is 1.16 bits per heavy atom. The van der Waals surface area contributed by atoms with Crippen LogP contribution in [0.1, 0.15) is 71.4 Å². The van der Waals surface area contributed by atoms with Crippen molar-refractivity contribution >= 4 is 28.3 Å². The normalized spacial score (nSPS) is 16.2. The van der Waals surface area contributed by atoms with Crippen molar-refractivity contribution in [1.82, 2.24) is 14.8 Å². The number of carboxylic acids is 1. The van der Waals surface area contributed by atoms with E-state index in [1.807, 2.05) is 0 Å². The Labute approximate surface area is 258 Å². The highest BCUT2D eigenvalue weighted by Crippen LogP contribution is 2.38. The lowest BCUT2D eigenvalue weighted by atomic mass is 9.96. The van der Waals surface area contributed by atoms with Gasteiger partial charge in [-0.05, 0) is 86.8 Å². The molecule has 2 fully saturated rings. The molecule has 0 spiro atoms. The lowest BCUT2D eigenvalue weighted by Crippen LogP contribution is -2.20. The summed E-state index contributed by atoms with van der Waals surface area (Å²) in [5.41, 5.74) is 2.08. The summed E-state index contributed by atoms with van der Waals surface area (Å²) in [5.74, 6) is 3.74. The molecular weight excluding hydrogens is 610 g/mol. The van der Waals surface area contributed by atoms with E-state index in [-0.39, 0.29) is 28.0 Å². The molecule has 13 heteroatoms. The molecule has 4 aromatic rings. The van der Waals surface area contributed by atoms with E-state index in [1.54, 1.807) is 22.9 Å². The highest BCUT2D eigenvalue weighted by molar-refractivity contribution is 7.82. The first kappa shape index (κ1) is 31.6. The fourth-order valence-electron chi connectivity index (χ4n) is 5.41. The van der Waals surface area contributed by atoms with E-state index in [2.05, 4.69) is 16.8 Å². The second kappa shape index (κ2) is 12.7. The number of nitrogens with two attached hydrogens (primary N) is 1. The van der Waals surface area contributed by atoms with Crippen LogP contribution < -0.4 is 5.14 Å². The van der Waals surface area contributed by atoms with Crippen LogP contribution in [0.4, 0.5) is 8.78 Å². The van der Waals surface area contributed by atoms with E-state index in [4.69, 9.17) is 10.2 Å². The molecule has 9 nitrogen and oxygen atoms in total. The number of carboxylic acid groups (broad SMARTS) is 1. The number of aromatic nitrogens is 3. The highest BCUT2D eigenvalue weighted by atomic mass is 32.2. The highest BCUT2D eigenvalue weighted by Gasteiger charge is 2.31. The van der Waals surface area contributed by atoms with Crippen LogP contribution in [0.2, 0.25) is 0 Å². The van der Waals surface area contributed by atoms with Gasteiger partial charge in [0.25, 0.3) is 0 Å². The molecule has 2 aromatic carbocycles. The molecule has 5 N–H and O–H groups in total. The summed E-state index contributed by atoms with van der Waals surface area (Å²) < 4.78 is 43.1. The van der Waals surface area contributed by atoms with Crippen molar-refractivity contribution in [2.45, 2.75) is 61.9 Å². The van der Waals surface area contributed by atoms with Crippen LogP contribution >= 0.6 is 11.3 Å². The molecule has 0 amide bonds. The number of aliphatic hydroxyl groups is 1. The van der Waals surface area contributed by atoms with Crippen molar-refractivity contribution in [1.29, 1.82) is 0 Å². The summed E-state index contributed by atoms with van der Waals surface area (Å²) in [6.07, 6.45) is 5.75. The average Bonchev–Trinajstić information content (AvgIpc) is 3.31. The van der Waals surface area contributed by atoms with Gasteiger partial charge in [0.15, 0.2) is 22.5 Å². The van der Waals surface area contributed by atoms with Crippen molar-refractivity contribution < 1.29 is 33.5 Å². The summed E-state index contributed by atoms with van der Waals surface area (Å²) in [4.78, 5) is 15.8. The minimum atomic E-state index is -2.35. The topological polar surface area (TPSA) is 161 Å². The predicted octanol–water partition coefficient (Wildman–Crippen LogP) is 4.92. The number of thiol groups is 1. The monoisotopic (exact) mass is 640 g/mol. The smallest absolute Gasteiger partial charge is 0.355 e. The molecule has 2 aliphatic rings. The molecular formula is C31H30F2N4O5S2. The molecule has 44 heavy (non-hydrogen) atoms. The Morgan fingerprint density at radius 2 is 1.91 bits per heavy atom. The molecule has 0 bridgehead atoms. The molecule has 0 aliphatic heterocycles. The number of hydrogen-bond donors (Lipinski definition) is 3. The molecule has 0 saturated heterocycles. The molecule has 1 unspecified atom stereocenters. The van der Waals surface area contributed by atoms with Gasteiger partial charge in [-0.2, -0.15) is 5.10 Å². The van der Waals surface area contributed by atoms with Crippen molar-refractivity contribution in [3.8, 4) is 28.2 Å². The zero-order valence-electron chi connectivity index (χ0n) is 23.5. The SMILES string of the molecule is N[SH+](=O)c1ccc(Cc2c(-c3ccc(F)c(C#CC4(O)CCCC4)c3)nn(-c3nc(C(=O)O)cs3)c2CC2CC2)cc1F.[OH-]. The summed E-state index contributed by atoms with van der Waals surface area (Å²) in [6, 6.07) is 8.86. The molecule has 2 aromatic heterocycles. The van der Waals surface area contributed by atoms with Crippen LogP contribution in [0, 0.1) is 29.4 Å². The first-order valence-corrected chi connectivity index (χ1v) is 16.2. The van der Waals surface area contributed by atoms with Gasteiger partial charge < -0.3 is 15.7 Å². The maximum Gasteiger partial charge on any atom is 0.355 e. The molecule has 2 aliphatic carbocycles. The van der Waals surface area contributed by atoms with Gasteiger partial charge in [-0.25, -0.2) is 23.2 Å². The molecule has 0 radical (unpaired) electrons. The number of benzene rings is 2. The lowest BCUT2D eigenvalue weighted by molar-refractivity contribution is 0.0691. The average molecular weight is 641 g/mol. The largest absolute Gasteiger partial charge is 0.870 e. The van der Waals surface area contributed by atoms with Gasteiger partial charge in [-0.1, -0.05) is 22.1 Å². The van der Waals surface area contributed by atoms with Crippen LogP contribution in [0.5, 0.6) is 0 Å². The number of carbonyl (C=O) groups is 1. The van der Waals surface area contributed by atoms with Crippen molar-refractivity contribution in [3.63, 3.8) is 0 Å². The second-order valence-electron chi connectivity index (χ2n) is 11.1. The fourth-order valence-corrected chi connectivity index (χ4v) is 6.68. The third-order valence-electron chi connectivity index (χ3n) is 7.89. The summed E-state index contributed by atoms with van der Waals surface area (Å²) >= 11 is 1.14. The Kier molecular flexibility index (Phi) is 9.10. The standard InChI is InChI=1S/C31H28F2N4O4S2.H2O/c32-23-7-6-21(16-20(23)9-12-31(40)10-1-2-11-31)28-22(13-19-5-8-27(43(34)41)24(33)14-19)26(15-18-3-4-18)37(36-28)30-35-25(17-42-30)29(38)39;/h5-8,14,16-18,40H,1-4,10-11,13,15H2,(H2,34,41)(H,38,39);1H2. The first-order valence-electron chi connectivity index (χ1n) is 14.0. The van der Waals surface area contributed by atoms with Crippen LogP contribution in [0.3, 0.4) is 0 Å². The van der Waals surface area contributed by atoms with E-state index in [9.17, 15) is 28.0 Å². The van der Waals surface area contributed by atoms with Gasteiger partial charge >= 0.3 is 5.97 Å². The zero-order valence-corrected chi connectivity index (χ0v) is 25.2. The van der Waals surface area contributed by atoms with Crippen molar-refractivity contribution in [2.75, 3.05) is 0 Å². The number of thiazole rings is 1. The van der Waals surface area contributed by atoms with Gasteiger partial charge in [0.05, 0.1) is 17.0 Å². The number of halogens is 2. The minimum absolute atomic E-state index is 0. The van der Waals surface area contributed by atoms with Gasteiger partial charge in [0, 0.05) is 22.9 Å². The molecule has 6 rings (SSSR count). The van der Waals surface area contributed by atoms with Crippen LogP contribution in [-0.2, 0) is 28.0 Å². The number of nitrogens with zero attached hydrogens (tertiary/aromatic N) is 3. The Balaban J connectivity index is 0.00000384. The van der Waals surface area contributed by atoms with E-state index >= 15 is 0 Å². The lowest BCUT2D eigenvalue weighted by Gasteiger charge is -2.13. The number of rotatable bonds is 8. The van der Waals surface area contributed by atoms with Crippen LogP contribution in [0.15, 0.2) is 46.7 Å². The number of aromatic carboxylic acids is 1.